The van der Waals surface area contributed by atoms with Crippen molar-refractivity contribution < 1.29 is 13.9 Å². The van der Waals surface area contributed by atoms with Crippen molar-refractivity contribution in [2.24, 2.45) is 5.10 Å². The zero-order valence-corrected chi connectivity index (χ0v) is 15.9. The van der Waals surface area contributed by atoms with Crippen molar-refractivity contribution in [1.29, 1.82) is 0 Å². The second-order valence-corrected chi connectivity index (χ2v) is 6.42. The number of hydrogen-bond acceptors (Lipinski definition) is 6. The molecule has 0 amide bonds. The van der Waals surface area contributed by atoms with Gasteiger partial charge < -0.3 is 19.2 Å². The minimum atomic E-state index is 0.492. The molecular weight excluding hydrogens is 352 g/mol. The van der Waals surface area contributed by atoms with Crippen molar-refractivity contribution in [2.45, 2.75) is 6.92 Å². The van der Waals surface area contributed by atoms with Crippen LogP contribution in [0.15, 0.2) is 33.8 Å². The van der Waals surface area contributed by atoms with E-state index in [2.05, 4.69) is 20.7 Å². The molecule has 1 aliphatic rings. The number of nitrogens with zero attached hydrogens (tertiary/aromatic N) is 2. The molecule has 0 radical (unpaired) electrons. The second-order valence-electron chi connectivity index (χ2n) is 6.01. The van der Waals surface area contributed by atoms with Gasteiger partial charge in [-0.3, -0.25) is 10.3 Å². The maximum absolute atomic E-state index is 5.87. The van der Waals surface area contributed by atoms with Gasteiger partial charge in [-0.15, -0.1) is 0 Å². The molecule has 1 aromatic heterocycles. The van der Waals surface area contributed by atoms with Gasteiger partial charge in [0.05, 0.1) is 20.3 Å². The van der Waals surface area contributed by atoms with Gasteiger partial charge in [-0.05, 0) is 31.3 Å². The lowest BCUT2D eigenvalue weighted by Gasteiger charge is -2.26. The van der Waals surface area contributed by atoms with Gasteiger partial charge in [0.2, 0.25) is 0 Å². The Bertz CT molecular complexity index is 784. The minimum absolute atomic E-state index is 0.492. The Kier molecular flexibility index (Phi) is 6.43. The van der Waals surface area contributed by atoms with Crippen molar-refractivity contribution in [2.75, 3.05) is 46.5 Å². The smallest absolute Gasteiger partial charge is 0.187 e. The van der Waals surface area contributed by atoms with E-state index in [0.717, 1.165) is 44.8 Å². The summed E-state index contributed by atoms with van der Waals surface area (Å²) >= 11 is 5.27. The summed E-state index contributed by atoms with van der Waals surface area (Å²) in [6, 6.07) is 7.71. The Labute approximate surface area is 158 Å². The quantitative estimate of drug-likeness (QED) is 0.454. The van der Waals surface area contributed by atoms with Crippen molar-refractivity contribution in [3.05, 3.63) is 30.0 Å². The third-order valence-electron chi connectivity index (χ3n) is 4.23. The molecule has 2 N–H and O–H groups in total. The van der Waals surface area contributed by atoms with Gasteiger partial charge in [0.1, 0.15) is 5.71 Å². The number of fused-ring (bicyclic) bond motifs is 1. The molecule has 1 saturated heterocycles. The molecular formula is C18H24N4O3S. The lowest BCUT2D eigenvalue weighted by molar-refractivity contribution is 0.0389. The first-order chi connectivity index (χ1) is 12.7. The van der Waals surface area contributed by atoms with Crippen LogP contribution in [0.5, 0.6) is 5.75 Å². The highest BCUT2D eigenvalue weighted by Crippen LogP contribution is 2.28. The lowest BCUT2D eigenvalue weighted by atomic mass is 10.2. The van der Waals surface area contributed by atoms with Crippen LogP contribution in [0.25, 0.3) is 11.0 Å². The maximum atomic E-state index is 5.87. The van der Waals surface area contributed by atoms with Crippen molar-refractivity contribution in [3.63, 3.8) is 0 Å². The van der Waals surface area contributed by atoms with Crippen LogP contribution >= 0.6 is 12.2 Å². The molecule has 0 saturated carbocycles. The molecule has 2 heterocycles. The normalized spacial score (nSPS) is 15.8. The number of morpholine rings is 1. The Balaban J connectivity index is 1.52. The van der Waals surface area contributed by atoms with Crippen LogP contribution in [0.2, 0.25) is 0 Å². The van der Waals surface area contributed by atoms with E-state index in [9.17, 15) is 0 Å². The number of thiocarbonyl (C=S) groups is 1. The Morgan fingerprint density at radius 1 is 1.35 bits per heavy atom. The summed E-state index contributed by atoms with van der Waals surface area (Å²) in [4.78, 5) is 2.34. The topological polar surface area (TPSA) is 71.3 Å². The highest BCUT2D eigenvalue weighted by molar-refractivity contribution is 7.80. The summed E-state index contributed by atoms with van der Waals surface area (Å²) in [5.41, 5.74) is 4.29. The molecule has 1 aromatic carbocycles. The van der Waals surface area contributed by atoms with E-state index in [1.165, 1.54) is 0 Å². The van der Waals surface area contributed by atoms with Crippen LogP contribution < -0.4 is 15.5 Å². The molecule has 3 rings (SSSR count). The molecule has 2 aromatic rings. The zero-order chi connectivity index (χ0) is 18.4. The Hall–Kier alpha value is -2.16. The van der Waals surface area contributed by atoms with Crippen molar-refractivity contribution in [1.82, 2.24) is 15.6 Å². The molecule has 7 nitrogen and oxygen atoms in total. The number of para-hydroxylation sites is 1. The summed E-state index contributed by atoms with van der Waals surface area (Å²) in [6.07, 6.45) is 0. The Morgan fingerprint density at radius 3 is 2.92 bits per heavy atom. The van der Waals surface area contributed by atoms with E-state index in [4.69, 9.17) is 26.1 Å². The minimum Gasteiger partial charge on any atom is -0.493 e. The van der Waals surface area contributed by atoms with Crippen molar-refractivity contribution in [3.8, 4) is 5.75 Å². The number of nitrogens with one attached hydrogen (secondary N) is 2. The Morgan fingerprint density at radius 2 is 2.15 bits per heavy atom. The van der Waals surface area contributed by atoms with E-state index < -0.39 is 0 Å². The fraction of sp³-hybridized carbons (Fsp3) is 0.444. The maximum Gasteiger partial charge on any atom is 0.187 e. The molecule has 1 fully saturated rings. The third-order valence-corrected chi connectivity index (χ3v) is 4.46. The van der Waals surface area contributed by atoms with Gasteiger partial charge in [0, 0.05) is 31.6 Å². The van der Waals surface area contributed by atoms with Crippen LogP contribution in [0.3, 0.4) is 0 Å². The summed E-state index contributed by atoms with van der Waals surface area (Å²) in [5.74, 6) is 1.38. The van der Waals surface area contributed by atoms with E-state index in [1.807, 2.05) is 31.2 Å². The number of benzene rings is 1. The molecule has 0 spiro atoms. The molecule has 26 heavy (non-hydrogen) atoms. The first-order valence-corrected chi connectivity index (χ1v) is 9.03. The summed E-state index contributed by atoms with van der Waals surface area (Å²) in [5, 5.41) is 8.93. The predicted molar refractivity (Wildman–Crippen MR) is 106 cm³/mol. The first-order valence-electron chi connectivity index (χ1n) is 8.62. The highest BCUT2D eigenvalue weighted by Gasteiger charge is 2.11. The summed E-state index contributed by atoms with van der Waals surface area (Å²) < 4.78 is 16.5. The molecule has 0 bridgehead atoms. The predicted octanol–water partition coefficient (Wildman–Crippen LogP) is 1.96. The van der Waals surface area contributed by atoms with Gasteiger partial charge >= 0.3 is 0 Å². The third kappa shape index (κ3) is 4.72. The van der Waals surface area contributed by atoms with Crippen LogP contribution in [0.1, 0.15) is 12.7 Å². The highest BCUT2D eigenvalue weighted by atomic mass is 32.1. The van der Waals surface area contributed by atoms with Gasteiger partial charge in [-0.1, -0.05) is 12.1 Å². The molecule has 0 unspecified atom stereocenters. The molecule has 1 aliphatic heterocycles. The molecule has 0 aliphatic carbocycles. The van der Waals surface area contributed by atoms with Gasteiger partial charge in [0.25, 0.3) is 0 Å². The average molecular weight is 376 g/mol. The lowest BCUT2D eigenvalue weighted by Crippen LogP contribution is -2.42. The van der Waals surface area contributed by atoms with Crippen molar-refractivity contribution >= 4 is 34.0 Å². The number of ether oxygens (including phenoxy) is 2. The van der Waals surface area contributed by atoms with E-state index in [0.29, 0.717) is 27.9 Å². The summed E-state index contributed by atoms with van der Waals surface area (Å²) in [6.45, 7) is 7.10. The average Bonchev–Trinajstić information content (AvgIpc) is 3.11. The fourth-order valence-corrected chi connectivity index (χ4v) is 2.90. The molecule has 8 heteroatoms. The van der Waals surface area contributed by atoms with Crippen LogP contribution in [0, 0.1) is 0 Å². The number of hydrazone groups is 1. The molecule has 0 atom stereocenters. The zero-order valence-electron chi connectivity index (χ0n) is 15.1. The molecule has 140 valence electrons. The van der Waals surface area contributed by atoms with Gasteiger partial charge in [-0.2, -0.15) is 5.10 Å². The standard InChI is InChI=1S/C18H24N4O3S/c1-13(16-12-14-4-3-5-15(23-2)17(14)25-16)20-21-18(26)19-6-7-22-8-10-24-11-9-22/h3-5,12H,6-11H2,1-2H3,(H2,19,21,26)/b20-13-. The van der Waals surface area contributed by atoms with Crippen LogP contribution in [-0.2, 0) is 4.74 Å². The second kappa shape index (κ2) is 8.98. The fourth-order valence-electron chi connectivity index (χ4n) is 2.76. The van der Waals surface area contributed by atoms with Gasteiger partial charge in [0.15, 0.2) is 22.2 Å². The SMILES string of the molecule is COc1cccc2cc(/C(C)=N\NC(=S)NCCN3CCOCC3)oc12. The number of hydrogen-bond donors (Lipinski definition) is 2. The van der Waals surface area contributed by atoms with E-state index >= 15 is 0 Å². The van der Waals surface area contributed by atoms with E-state index in [-0.39, 0.29) is 0 Å². The number of furan rings is 1. The monoisotopic (exact) mass is 376 g/mol. The first kappa shape index (κ1) is 18.6. The summed E-state index contributed by atoms with van der Waals surface area (Å²) in [7, 11) is 1.63. The number of methoxy groups -OCH3 is 1. The van der Waals surface area contributed by atoms with E-state index in [1.54, 1.807) is 7.11 Å². The number of rotatable bonds is 6. The van der Waals surface area contributed by atoms with Gasteiger partial charge in [-0.25, -0.2) is 0 Å². The largest absolute Gasteiger partial charge is 0.493 e. The van der Waals surface area contributed by atoms with Crippen LogP contribution in [-0.4, -0.2) is 62.2 Å². The van der Waals surface area contributed by atoms with Crippen LogP contribution in [0.4, 0.5) is 0 Å².